The van der Waals surface area contributed by atoms with Gasteiger partial charge in [0, 0.05) is 30.4 Å². The maximum atomic E-state index is 12.8. The molecule has 0 saturated heterocycles. The van der Waals surface area contributed by atoms with Gasteiger partial charge in [0.1, 0.15) is 5.75 Å². The number of rotatable bonds is 8. The second-order valence-electron chi connectivity index (χ2n) is 8.42. The molecule has 0 bridgehead atoms. The standard InChI is InChI=1S/C27H29N3O5S/c1-4-29(5-2)36(33,34)23-14-11-21(12-15-23)26(31)28-22-13-16-24-25(17-22)35-19(3)27(32)30(24)18-20-9-7-6-8-10-20/h6-17,19H,4-5,18H2,1-3H3,(H,28,31). The Morgan fingerprint density at radius 3 is 2.31 bits per heavy atom. The third kappa shape index (κ3) is 5.12. The van der Waals surface area contributed by atoms with E-state index in [1.807, 2.05) is 30.3 Å². The summed E-state index contributed by atoms with van der Waals surface area (Å²) >= 11 is 0. The van der Waals surface area contributed by atoms with Crippen LogP contribution < -0.4 is 15.0 Å². The summed E-state index contributed by atoms with van der Waals surface area (Å²) in [4.78, 5) is 27.5. The third-order valence-electron chi connectivity index (χ3n) is 6.07. The first kappa shape index (κ1) is 25.4. The van der Waals surface area contributed by atoms with Crippen molar-refractivity contribution in [2.45, 2.75) is 38.3 Å². The molecule has 0 fully saturated rings. The molecule has 0 aromatic heterocycles. The SMILES string of the molecule is CCN(CC)S(=O)(=O)c1ccc(C(=O)Nc2ccc3c(c2)OC(C)C(=O)N3Cc2ccccc2)cc1. The van der Waals surface area contributed by atoms with Gasteiger partial charge in [-0.15, -0.1) is 0 Å². The van der Waals surface area contributed by atoms with E-state index < -0.39 is 16.1 Å². The van der Waals surface area contributed by atoms with Crippen molar-refractivity contribution < 1.29 is 22.7 Å². The number of benzene rings is 3. The zero-order valence-electron chi connectivity index (χ0n) is 20.5. The molecule has 1 unspecified atom stereocenters. The molecule has 3 aromatic carbocycles. The number of nitrogens with one attached hydrogen (secondary N) is 1. The molecule has 1 N–H and O–H groups in total. The topological polar surface area (TPSA) is 96.0 Å². The average molecular weight is 508 g/mol. The van der Waals surface area contributed by atoms with Gasteiger partial charge >= 0.3 is 0 Å². The molecule has 3 aromatic rings. The van der Waals surface area contributed by atoms with Crippen LogP contribution in [0.1, 0.15) is 36.7 Å². The largest absolute Gasteiger partial charge is 0.479 e. The van der Waals surface area contributed by atoms with E-state index in [9.17, 15) is 18.0 Å². The first-order valence-electron chi connectivity index (χ1n) is 11.8. The Balaban J connectivity index is 1.52. The minimum absolute atomic E-state index is 0.136. The van der Waals surface area contributed by atoms with Crippen LogP contribution in [0.25, 0.3) is 0 Å². The normalized spacial score (nSPS) is 15.4. The highest BCUT2D eigenvalue weighted by Crippen LogP contribution is 2.37. The van der Waals surface area contributed by atoms with E-state index >= 15 is 0 Å². The Labute approximate surface area is 211 Å². The van der Waals surface area contributed by atoms with Crippen molar-refractivity contribution >= 4 is 33.2 Å². The molecule has 0 saturated carbocycles. The van der Waals surface area contributed by atoms with Crippen LogP contribution in [-0.2, 0) is 21.4 Å². The summed E-state index contributed by atoms with van der Waals surface area (Å²) in [5.74, 6) is -0.0257. The number of hydrogen-bond donors (Lipinski definition) is 1. The Bertz CT molecular complexity index is 1350. The van der Waals surface area contributed by atoms with Crippen molar-refractivity contribution in [2.75, 3.05) is 23.3 Å². The average Bonchev–Trinajstić information content (AvgIpc) is 2.88. The highest BCUT2D eigenvalue weighted by atomic mass is 32.2. The van der Waals surface area contributed by atoms with Gasteiger partial charge in [-0.3, -0.25) is 9.59 Å². The van der Waals surface area contributed by atoms with E-state index in [1.165, 1.54) is 28.6 Å². The van der Waals surface area contributed by atoms with Gasteiger partial charge in [-0.25, -0.2) is 8.42 Å². The first-order valence-corrected chi connectivity index (χ1v) is 13.3. The molecular formula is C27H29N3O5S. The number of ether oxygens (including phenoxy) is 1. The van der Waals surface area contributed by atoms with Gasteiger partial charge in [0.05, 0.1) is 17.1 Å². The first-order chi connectivity index (χ1) is 17.2. The molecule has 36 heavy (non-hydrogen) atoms. The van der Waals surface area contributed by atoms with Crippen molar-refractivity contribution in [1.82, 2.24) is 4.31 Å². The monoisotopic (exact) mass is 507 g/mol. The number of anilines is 2. The molecule has 1 atom stereocenters. The number of carbonyl (C=O) groups excluding carboxylic acids is 2. The minimum atomic E-state index is -3.60. The van der Waals surface area contributed by atoms with Crippen LogP contribution >= 0.6 is 0 Å². The quantitative estimate of drug-likeness (QED) is 0.491. The summed E-state index contributed by atoms with van der Waals surface area (Å²) in [5.41, 5.74) is 2.45. The summed E-state index contributed by atoms with van der Waals surface area (Å²) in [6.07, 6.45) is -0.660. The van der Waals surface area contributed by atoms with Gasteiger partial charge < -0.3 is 15.0 Å². The Kier molecular flexibility index (Phi) is 7.42. The molecule has 1 aliphatic rings. The lowest BCUT2D eigenvalue weighted by Gasteiger charge is -2.33. The van der Waals surface area contributed by atoms with Crippen LogP contribution in [0.4, 0.5) is 11.4 Å². The predicted molar refractivity (Wildman–Crippen MR) is 139 cm³/mol. The Morgan fingerprint density at radius 2 is 1.67 bits per heavy atom. The van der Waals surface area contributed by atoms with Crippen molar-refractivity contribution in [3.05, 3.63) is 83.9 Å². The Morgan fingerprint density at radius 1 is 1.00 bits per heavy atom. The van der Waals surface area contributed by atoms with Crippen LogP contribution in [0.2, 0.25) is 0 Å². The molecule has 2 amide bonds. The number of amides is 2. The van der Waals surface area contributed by atoms with Crippen LogP contribution in [0, 0.1) is 0 Å². The molecule has 4 rings (SSSR count). The van der Waals surface area contributed by atoms with Gasteiger partial charge in [0.2, 0.25) is 10.0 Å². The lowest BCUT2D eigenvalue weighted by atomic mass is 10.1. The van der Waals surface area contributed by atoms with E-state index in [1.54, 1.807) is 43.9 Å². The molecule has 0 aliphatic carbocycles. The van der Waals surface area contributed by atoms with Crippen molar-refractivity contribution in [1.29, 1.82) is 0 Å². The Hall–Kier alpha value is -3.69. The van der Waals surface area contributed by atoms with Crippen LogP contribution in [-0.4, -0.2) is 43.7 Å². The second-order valence-corrected chi connectivity index (χ2v) is 10.4. The number of hydrogen-bond acceptors (Lipinski definition) is 5. The van der Waals surface area contributed by atoms with Gasteiger partial charge in [-0.1, -0.05) is 44.2 Å². The van der Waals surface area contributed by atoms with Crippen LogP contribution in [0.5, 0.6) is 5.75 Å². The highest BCUT2D eigenvalue weighted by Gasteiger charge is 2.32. The van der Waals surface area contributed by atoms with E-state index in [-0.39, 0.29) is 16.7 Å². The van der Waals surface area contributed by atoms with E-state index in [0.29, 0.717) is 42.3 Å². The molecular weight excluding hydrogens is 478 g/mol. The smallest absolute Gasteiger partial charge is 0.268 e. The van der Waals surface area contributed by atoms with Gasteiger partial charge in [-0.05, 0) is 48.9 Å². The van der Waals surface area contributed by atoms with Crippen molar-refractivity contribution in [3.63, 3.8) is 0 Å². The molecule has 1 aliphatic heterocycles. The van der Waals surface area contributed by atoms with Crippen LogP contribution in [0.15, 0.2) is 77.7 Å². The zero-order valence-corrected chi connectivity index (χ0v) is 21.3. The summed E-state index contributed by atoms with van der Waals surface area (Å²) in [6, 6.07) is 20.7. The summed E-state index contributed by atoms with van der Waals surface area (Å²) < 4.78 is 32.5. The molecule has 9 heteroatoms. The highest BCUT2D eigenvalue weighted by molar-refractivity contribution is 7.89. The maximum Gasteiger partial charge on any atom is 0.268 e. The van der Waals surface area contributed by atoms with Gasteiger partial charge in [-0.2, -0.15) is 4.31 Å². The van der Waals surface area contributed by atoms with Crippen LogP contribution in [0.3, 0.4) is 0 Å². The zero-order chi connectivity index (χ0) is 25.9. The maximum absolute atomic E-state index is 12.8. The fourth-order valence-electron chi connectivity index (χ4n) is 4.11. The lowest BCUT2D eigenvalue weighted by Crippen LogP contribution is -2.44. The molecule has 188 valence electrons. The van der Waals surface area contributed by atoms with E-state index in [2.05, 4.69) is 5.32 Å². The fraction of sp³-hybridized carbons (Fsp3) is 0.259. The van der Waals surface area contributed by atoms with Crippen molar-refractivity contribution in [3.8, 4) is 5.75 Å². The second kappa shape index (κ2) is 10.5. The van der Waals surface area contributed by atoms with Gasteiger partial charge in [0.25, 0.3) is 11.8 Å². The summed E-state index contributed by atoms with van der Waals surface area (Å²) in [7, 11) is -3.60. The lowest BCUT2D eigenvalue weighted by molar-refractivity contribution is -0.125. The molecule has 0 spiro atoms. The number of nitrogens with zero attached hydrogens (tertiary/aromatic N) is 2. The number of carbonyl (C=O) groups is 2. The van der Waals surface area contributed by atoms with E-state index in [4.69, 9.17) is 4.74 Å². The van der Waals surface area contributed by atoms with Crippen molar-refractivity contribution in [2.24, 2.45) is 0 Å². The molecule has 8 nitrogen and oxygen atoms in total. The summed E-state index contributed by atoms with van der Waals surface area (Å²) in [6.45, 7) is 6.41. The minimum Gasteiger partial charge on any atom is -0.479 e. The fourth-order valence-corrected chi connectivity index (χ4v) is 5.57. The summed E-state index contributed by atoms with van der Waals surface area (Å²) in [5, 5.41) is 2.82. The molecule has 1 heterocycles. The third-order valence-corrected chi connectivity index (χ3v) is 8.13. The van der Waals surface area contributed by atoms with Gasteiger partial charge in [0.15, 0.2) is 6.10 Å². The predicted octanol–water partition coefficient (Wildman–Crippen LogP) is 4.28. The van der Waals surface area contributed by atoms with E-state index in [0.717, 1.165) is 5.56 Å². The molecule has 0 radical (unpaired) electrons. The number of fused-ring (bicyclic) bond motifs is 1. The number of sulfonamides is 1.